The molecular formula is C17H26N2O3. The fraction of sp³-hybridized carbons (Fsp3) is 0.588. The first-order valence-electron chi connectivity index (χ1n) is 7.98. The van der Waals surface area contributed by atoms with Gasteiger partial charge in [0.05, 0.1) is 13.0 Å². The van der Waals surface area contributed by atoms with Gasteiger partial charge in [-0.3, -0.25) is 4.79 Å². The normalized spacial score (nSPS) is 18.0. The van der Waals surface area contributed by atoms with E-state index in [9.17, 15) is 4.79 Å². The zero-order chi connectivity index (χ0) is 15.9. The lowest BCUT2D eigenvalue weighted by Crippen LogP contribution is -2.45. The van der Waals surface area contributed by atoms with E-state index in [-0.39, 0.29) is 17.9 Å². The number of nitrogens with two attached hydrogens (primary N) is 1. The summed E-state index contributed by atoms with van der Waals surface area (Å²) in [6.45, 7) is 3.02. The molecule has 1 heterocycles. The van der Waals surface area contributed by atoms with E-state index in [1.54, 1.807) is 7.11 Å². The number of carbonyl (C=O) groups is 1. The number of benzene rings is 1. The van der Waals surface area contributed by atoms with Gasteiger partial charge < -0.3 is 20.5 Å². The topological polar surface area (TPSA) is 73.6 Å². The minimum Gasteiger partial charge on any atom is -0.497 e. The largest absolute Gasteiger partial charge is 0.497 e. The van der Waals surface area contributed by atoms with Crippen LogP contribution < -0.4 is 20.5 Å². The van der Waals surface area contributed by atoms with E-state index in [0.29, 0.717) is 19.6 Å². The smallest absolute Gasteiger partial charge is 0.227 e. The number of rotatable bonds is 7. The minimum absolute atomic E-state index is 0.0278. The summed E-state index contributed by atoms with van der Waals surface area (Å²) in [6, 6.07) is 5.76. The molecule has 0 radical (unpaired) electrons. The molecule has 2 rings (SSSR count). The van der Waals surface area contributed by atoms with E-state index in [2.05, 4.69) is 12.2 Å². The molecular weight excluding hydrogens is 280 g/mol. The maximum absolute atomic E-state index is 12.4. The maximum Gasteiger partial charge on any atom is 0.227 e. The molecule has 0 bridgehead atoms. The van der Waals surface area contributed by atoms with Crippen LogP contribution in [0.1, 0.15) is 31.7 Å². The van der Waals surface area contributed by atoms with Crippen molar-refractivity contribution in [3.63, 3.8) is 0 Å². The Hall–Kier alpha value is -1.75. The highest BCUT2D eigenvalue weighted by Gasteiger charge is 2.27. The van der Waals surface area contributed by atoms with Crippen molar-refractivity contribution in [2.75, 3.05) is 20.3 Å². The third-order valence-corrected chi connectivity index (χ3v) is 4.08. The number of carbonyl (C=O) groups excluding carboxylic acids is 1. The molecule has 1 aliphatic rings. The molecule has 0 saturated heterocycles. The van der Waals surface area contributed by atoms with E-state index in [1.807, 2.05) is 18.2 Å². The highest BCUT2D eigenvalue weighted by Crippen LogP contribution is 2.30. The fourth-order valence-electron chi connectivity index (χ4n) is 2.68. The Labute approximate surface area is 132 Å². The lowest BCUT2D eigenvalue weighted by atomic mass is 9.95. The molecule has 0 aliphatic carbocycles. The predicted octanol–water partition coefficient (Wildman–Crippen LogP) is 1.88. The molecule has 1 aromatic rings. The van der Waals surface area contributed by atoms with Crippen LogP contribution in [0.4, 0.5) is 0 Å². The molecule has 1 aliphatic heterocycles. The summed E-state index contributed by atoms with van der Waals surface area (Å²) in [5.41, 5.74) is 6.76. The summed E-state index contributed by atoms with van der Waals surface area (Å²) in [4.78, 5) is 12.4. The van der Waals surface area contributed by atoms with E-state index in [4.69, 9.17) is 15.2 Å². The molecule has 5 nitrogen and oxygen atoms in total. The standard InChI is InChI=1S/C17H26N2O3/c1-3-4-5-14(10-18)19-17(20)13-8-12-9-15(21-2)6-7-16(12)22-11-13/h6-7,9,13-14H,3-5,8,10-11,18H2,1-2H3,(H,19,20). The Bertz CT molecular complexity index is 505. The first-order chi connectivity index (χ1) is 10.7. The van der Waals surface area contributed by atoms with Gasteiger partial charge in [-0.15, -0.1) is 0 Å². The molecule has 2 unspecified atom stereocenters. The third-order valence-electron chi connectivity index (χ3n) is 4.08. The van der Waals surface area contributed by atoms with Crippen molar-refractivity contribution in [1.29, 1.82) is 0 Å². The van der Waals surface area contributed by atoms with Gasteiger partial charge in [-0.1, -0.05) is 19.8 Å². The molecule has 3 N–H and O–H groups in total. The van der Waals surface area contributed by atoms with Crippen molar-refractivity contribution in [2.24, 2.45) is 11.7 Å². The number of hydrogen-bond donors (Lipinski definition) is 2. The molecule has 1 aromatic carbocycles. The van der Waals surface area contributed by atoms with Crippen molar-refractivity contribution < 1.29 is 14.3 Å². The van der Waals surface area contributed by atoms with Gasteiger partial charge in [0.15, 0.2) is 0 Å². The summed E-state index contributed by atoms with van der Waals surface area (Å²) in [5.74, 6) is 1.48. The van der Waals surface area contributed by atoms with Crippen LogP contribution in [0.15, 0.2) is 18.2 Å². The van der Waals surface area contributed by atoms with Gasteiger partial charge in [0.2, 0.25) is 5.91 Å². The number of ether oxygens (including phenoxy) is 2. The number of methoxy groups -OCH3 is 1. The first kappa shape index (κ1) is 16.6. The molecule has 0 saturated carbocycles. The van der Waals surface area contributed by atoms with Gasteiger partial charge in [0, 0.05) is 12.6 Å². The molecule has 0 spiro atoms. The second-order valence-corrected chi connectivity index (χ2v) is 5.77. The number of amides is 1. The third kappa shape index (κ3) is 4.13. The van der Waals surface area contributed by atoms with Gasteiger partial charge in [-0.05, 0) is 36.6 Å². The number of hydrogen-bond acceptors (Lipinski definition) is 4. The van der Waals surface area contributed by atoms with E-state index >= 15 is 0 Å². The number of unbranched alkanes of at least 4 members (excludes halogenated alkanes) is 1. The molecule has 2 atom stereocenters. The number of fused-ring (bicyclic) bond motifs is 1. The van der Waals surface area contributed by atoms with Crippen LogP contribution >= 0.6 is 0 Å². The van der Waals surface area contributed by atoms with Crippen molar-refractivity contribution in [2.45, 2.75) is 38.6 Å². The lowest BCUT2D eigenvalue weighted by Gasteiger charge is -2.27. The Kier molecular flexibility index (Phi) is 6.07. The predicted molar refractivity (Wildman–Crippen MR) is 86.2 cm³/mol. The second-order valence-electron chi connectivity index (χ2n) is 5.77. The van der Waals surface area contributed by atoms with Crippen LogP contribution in [0.5, 0.6) is 11.5 Å². The Balaban J connectivity index is 1.97. The van der Waals surface area contributed by atoms with Crippen LogP contribution in [0.2, 0.25) is 0 Å². The van der Waals surface area contributed by atoms with Crippen molar-refractivity contribution >= 4 is 5.91 Å². The molecule has 122 valence electrons. The number of nitrogens with one attached hydrogen (secondary N) is 1. The van der Waals surface area contributed by atoms with Gasteiger partial charge >= 0.3 is 0 Å². The Morgan fingerprint density at radius 1 is 1.55 bits per heavy atom. The SMILES string of the molecule is CCCCC(CN)NC(=O)C1COc2ccc(OC)cc2C1. The highest BCUT2D eigenvalue weighted by atomic mass is 16.5. The molecule has 5 heteroatoms. The zero-order valence-corrected chi connectivity index (χ0v) is 13.4. The van der Waals surface area contributed by atoms with Gasteiger partial charge in [-0.2, -0.15) is 0 Å². The van der Waals surface area contributed by atoms with Crippen LogP contribution in [0.25, 0.3) is 0 Å². The van der Waals surface area contributed by atoms with Crippen LogP contribution in [0.3, 0.4) is 0 Å². The molecule has 22 heavy (non-hydrogen) atoms. The van der Waals surface area contributed by atoms with Crippen LogP contribution in [-0.2, 0) is 11.2 Å². The molecule has 0 fully saturated rings. The summed E-state index contributed by atoms with van der Waals surface area (Å²) < 4.78 is 10.9. The van der Waals surface area contributed by atoms with Crippen molar-refractivity contribution in [1.82, 2.24) is 5.32 Å². The van der Waals surface area contributed by atoms with Crippen molar-refractivity contribution in [3.05, 3.63) is 23.8 Å². The summed E-state index contributed by atoms with van der Waals surface area (Å²) in [7, 11) is 1.63. The highest BCUT2D eigenvalue weighted by molar-refractivity contribution is 5.80. The van der Waals surface area contributed by atoms with E-state index < -0.39 is 0 Å². The van der Waals surface area contributed by atoms with Gasteiger partial charge in [0.25, 0.3) is 0 Å². The average molecular weight is 306 g/mol. The Morgan fingerprint density at radius 2 is 2.36 bits per heavy atom. The second kappa shape index (κ2) is 8.03. The Morgan fingerprint density at radius 3 is 3.05 bits per heavy atom. The van der Waals surface area contributed by atoms with Gasteiger partial charge in [-0.25, -0.2) is 0 Å². The van der Waals surface area contributed by atoms with Crippen LogP contribution in [0, 0.1) is 5.92 Å². The van der Waals surface area contributed by atoms with Gasteiger partial charge in [0.1, 0.15) is 18.1 Å². The summed E-state index contributed by atoms with van der Waals surface area (Å²) >= 11 is 0. The maximum atomic E-state index is 12.4. The lowest BCUT2D eigenvalue weighted by molar-refractivity contribution is -0.127. The minimum atomic E-state index is -0.171. The van der Waals surface area contributed by atoms with Crippen molar-refractivity contribution in [3.8, 4) is 11.5 Å². The average Bonchev–Trinajstić information content (AvgIpc) is 2.57. The van der Waals surface area contributed by atoms with E-state index in [1.165, 1.54) is 0 Å². The summed E-state index contributed by atoms with van der Waals surface area (Å²) in [6.07, 6.45) is 3.77. The fourth-order valence-corrected chi connectivity index (χ4v) is 2.68. The first-order valence-corrected chi connectivity index (χ1v) is 7.98. The van der Waals surface area contributed by atoms with E-state index in [0.717, 1.165) is 36.3 Å². The monoisotopic (exact) mass is 306 g/mol. The molecule has 1 amide bonds. The molecule has 0 aromatic heterocycles. The quantitative estimate of drug-likeness (QED) is 0.806. The van der Waals surface area contributed by atoms with Crippen LogP contribution in [-0.4, -0.2) is 32.2 Å². The summed E-state index contributed by atoms with van der Waals surface area (Å²) in [5, 5.41) is 3.06. The zero-order valence-electron chi connectivity index (χ0n) is 13.4.